The van der Waals surface area contributed by atoms with E-state index in [1.165, 1.54) is 0 Å². The van der Waals surface area contributed by atoms with Gasteiger partial charge in [-0.3, -0.25) is 19.8 Å². The standard InChI is InChI=1S/C21H25N5O6/c1-14-12-18(32-24-14)20(28)26-8-6-25(7-9-26)5-4-19(27)23-21(29)22-15-2-3-16-17(13-15)31-11-10-30-16/h2-3,12-13H,4-11H2,1H3,(H2,22,23,27,29). The number of piperazine rings is 1. The zero-order valence-electron chi connectivity index (χ0n) is 17.8. The molecule has 0 saturated carbocycles. The first-order valence-electron chi connectivity index (χ1n) is 10.4. The van der Waals surface area contributed by atoms with Crippen molar-refractivity contribution >= 4 is 23.5 Å². The summed E-state index contributed by atoms with van der Waals surface area (Å²) < 4.78 is 16.0. The Labute approximate surface area is 184 Å². The Morgan fingerprint density at radius 3 is 2.50 bits per heavy atom. The number of anilines is 1. The molecule has 11 nitrogen and oxygen atoms in total. The van der Waals surface area contributed by atoms with Crippen LogP contribution in [0.15, 0.2) is 28.8 Å². The summed E-state index contributed by atoms with van der Waals surface area (Å²) in [7, 11) is 0. The lowest BCUT2D eigenvalue weighted by Gasteiger charge is -2.34. The summed E-state index contributed by atoms with van der Waals surface area (Å²) in [6, 6.07) is 6.05. The smallest absolute Gasteiger partial charge is 0.325 e. The normalized spacial score (nSPS) is 15.8. The van der Waals surface area contributed by atoms with Crippen LogP contribution in [0, 0.1) is 6.92 Å². The van der Waals surface area contributed by atoms with Crippen molar-refractivity contribution in [3.05, 3.63) is 35.7 Å². The average molecular weight is 443 g/mol. The van der Waals surface area contributed by atoms with Crippen molar-refractivity contribution in [3.8, 4) is 11.5 Å². The molecule has 11 heteroatoms. The summed E-state index contributed by atoms with van der Waals surface area (Å²) in [5.41, 5.74) is 1.17. The zero-order valence-corrected chi connectivity index (χ0v) is 17.8. The number of amides is 4. The number of imide groups is 1. The minimum Gasteiger partial charge on any atom is -0.486 e. The molecule has 2 aliphatic rings. The Bertz CT molecular complexity index is 998. The quantitative estimate of drug-likeness (QED) is 0.707. The number of nitrogens with one attached hydrogen (secondary N) is 2. The summed E-state index contributed by atoms with van der Waals surface area (Å²) in [5.74, 6) is 0.848. The maximum absolute atomic E-state index is 12.4. The fourth-order valence-electron chi connectivity index (χ4n) is 3.53. The molecule has 170 valence electrons. The number of carbonyl (C=O) groups is 3. The molecule has 0 spiro atoms. The number of hydrogen-bond donors (Lipinski definition) is 2. The molecule has 1 fully saturated rings. The first-order chi connectivity index (χ1) is 15.5. The van der Waals surface area contributed by atoms with Gasteiger partial charge in [-0.15, -0.1) is 0 Å². The van der Waals surface area contributed by atoms with E-state index in [0.717, 1.165) is 0 Å². The number of carbonyl (C=O) groups excluding carboxylic acids is 3. The van der Waals surface area contributed by atoms with Crippen molar-refractivity contribution in [1.82, 2.24) is 20.3 Å². The van der Waals surface area contributed by atoms with E-state index in [-0.39, 0.29) is 24.0 Å². The van der Waals surface area contributed by atoms with Gasteiger partial charge in [-0.2, -0.15) is 0 Å². The molecule has 0 unspecified atom stereocenters. The third kappa shape index (κ3) is 5.35. The molecule has 32 heavy (non-hydrogen) atoms. The number of urea groups is 1. The Morgan fingerprint density at radius 2 is 1.78 bits per heavy atom. The molecule has 1 aromatic carbocycles. The number of benzene rings is 1. The molecular formula is C21H25N5O6. The molecule has 3 heterocycles. The van der Waals surface area contributed by atoms with Gasteiger partial charge in [-0.05, 0) is 19.1 Å². The molecule has 0 atom stereocenters. The van der Waals surface area contributed by atoms with Gasteiger partial charge in [0.15, 0.2) is 11.5 Å². The van der Waals surface area contributed by atoms with Gasteiger partial charge >= 0.3 is 6.03 Å². The van der Waals surface area contributed by atoms with Crippen LogP contribution in [0.1, 0.15) is 22.7 Å². The average Bonchev–Trinajstić information content (AvgIpc) is 3.23. The number of nitrogens with zero attached hydrogens (tertiary/aromatic N) is 3. The van der Waals surface area contributed by atoms with Crippen LogP contribution in [0.3, 0.4) is 0 Å². The lowest BCUT2D eigenvalue weighted by Crippen LogP contribution is -2.49. The topological polar surface area (TPSA) is 126 Å². The maximum atomic E-state index is 12.4. The van der Waals surface area contributed by atoms with E-state index in [1.807, 2.05) is 0 Å². The van der Waals surface area contributed by atoms with Crippen molar-refractivity contribution in [2.45, 2.75) is 13.3 Å². The predicted octanol–water partition coefficient (Wildman–Crippen LogP) is 1.25. The molecule has 1 aromatic heterocycles. The van der Waals surface area contributed by atoms with Crippen LogP contribution in [-0.4, -0.2) is 78.7 Å². The van der Waals surface area contributed by atoms with E-state index >= 15 is 0 Å². The van der Waals surface area contributed by atoms with E-state index in [4.69, 9.17) is 14.0 Å². The van der Waals surface area contributed by atoms with Gasteiger partial charge in [0.25, 0.3) is 5.91 Å². The van der Waals surface area contributed by atoms with Crippen molar-refractivity contribution in [2.24, 2.45) is 0 Å². The highest BCUT2D eigenvalue weighted by Crippen LogP contribution is 2.32. The lowest BCUT2D eigenvalue weighted by molar-refractivity contribution is -0.120. The van der Waals surface area contributed by atoms with Crippen LogP contribution < -0.4 is 20.1 Å². The minimum atomic E-state index is -0.607. The Hall–Kier alpha value is -3.60. The van der Waals surface area contributed by atoms with Crippen molar-refractivity contribution in [3.63, 3.8) is 0 Å². The molecule has 0 aliphatic carbocycles. The monoisotopic (exact) mass is 443 g/mol. The van der Waals surface area contributed by atoms with Gasteiger partial charge in [0.2, 0.25) is 11.7 Å². The highest BCUT2D eigenvalue weighted by Gasteiger charge is 2.25. The van der Waals surface area contributed by atoms with Crippen LogP contribution in [0.5, 0.6) is 11.5 Å². The molecule has 0 radical (unpaired) electrons. The van der Waals surface area contributed by atoms with Crippen LogP contribution in [0.25, 0.3) is 0 Å². The van der Waals surface area contributed by atoms with Crippen LogP contribution >= 0.6 is 0 Å². The van der Waals surface area contributed by atoms with Gasteiger partial charge in [0.1, 0.15) is 13.2 Å². The van der Waals surface area contributed by atoms with E-state index in [2.05, 4.69) is 20.7 Å². The van der Waals surface area contributed by atoms with E-state index in [1.54, 1.807) is 36.1 Å². The largest absolute Gasteiger partial charge is 0.486 e. The maximum Gasteiger partial charge on any atom is 0.325 e. The first kappa shape index (κ1) is 21.6. The highest BCUT2D eigenvalue weighted by atomic mass is 16.6. The van der Waals surface area contributed by atoms with E-state index in [9.17, 15) is 14.4 Å². The molecule has 2 N–H and O–H groups in total. The number of fused-ring (bicyclic) bond motifs is 1. The zero-order chi connectivity index (χ0) is 22.5. The van der Waals surface area contributed by atoms with Crippen molar-refractivity contribution < 1.29 is 28.4 Å². The summed E-state index contributed by atoms with van der Waals surface area (Å²) >= 11 is 0. The second kappa shape index (κ2) is 9.69. The molecule has 2 aromatic rings. The second-order valence-corrected chi connectivity index (χ2v) is 7.58. The van der Waals surface area contributed by atoms with Crippen LogP contribution in [-0.2, 0) is 4.79 Å². The fourth-order valence-corrected chi connectivity index (χ4v) is 3.53. The number of rotatable bonds is 5. The lowest BCUT2D eigenvalue weighted by atomic mass is 10.2. The number of hydrogen-bond acceptors (Lipinski definition) is 8. The van der Waals surface area contributed by atoms with Crippen molar-refractivity contribution in [1.29, 1.82) is 0 Å². The molecule has 4 rings (SSSR count). The summed E-state index contributed by atoms with van der Waals surface area (Å²) in [6.45, 7) is 5.53. The molecular weight excluding hydrogens is 418 g/mol. The Balaban J connectivity index is 1.17. The van der Waals surface area contributed by atoms with Gasteiger partial charge in [-0.25, -0.2) is 4.79 Å². The summed E-state index contributed by atoms with van der Waals surface area (Å²) in [6.07, 6.45) is 0.170. The third-order valence-electron chi connectivity index (χ3n) is 5.21. The summed E-state index contributed by atoms with van der Waals surface area (Å²) in [5, 5.41) is 8.69. The molecule has 0 bridgehead atoms. The predicted molar refractivity (Wildman–Crippen MR) is 113 cm³/mol. The van der Waals surface area contributed by atoms with Gasteiger partial charge in [0.05, 0.1) is 5.69 Å². The van der Waals surface area contributed by atoms with Crippen LogP contribution in [0.4, 0.5) is 10.5 Å². The molecule has 2 aliphatic heterocycles. The molecule has 4 amide bonds. The van der Waals surface area contributed by atoms with E-state index in [0.29, 0.717) is 68.8 Å². The Morgan fingerprint density at radius 1 is 1.03 bits per heavy atom. The highest BCUT2D eigenvalue weighted by molar-refractivity contribution is 6.01. The van der Waals surface area contributed by atoms with Crippen molar-refractivity contribution in [2.75, 3.05) is 51.3 Å². The fraction of sp³-hybridized carbons (Fsp3) is 0.429. The third-order valence-corrected chi connectivity index (χ3v) is 5.21. The van der Waals surface area contributed by atoms with Crippen LogP contribution in [0.2, 0.25) is 0 Å². The van der Waals surface area contributed by atoms with E-state index < -0.39 is 6.03 Å². The minimum absolute atomic E-state index is 0.170. The number of ether oxygens (including phenoxy) is 2. The van der Waals surface area contributed by atoms with Gasteiger partial charge in [-0.1, -0.05) is 5.16 Å². The van der Waals surface area contributed by atoms with Gasteiger partial charge < -0.3 is 24.2 Å². The van der Waals surface area contributed by atoms with Gasteiger partial charge in [0, 0.05) is 57.0 Å². The second-order valence-electron chi connectivity index (χ2n) is 7.58. The number of aryl methyl sites for hydroxylation is 1. The Kier molecular flexibility index (Phi) is 6.55. The SMILES string of the molecule is Cc1cc(C(=O)N2CCN(CCC(=O)NC(=O)Nc3ccc4c(c3)OCCO4)CC2)on1. The molecule has 1 saturated heterocycles. The first-order valence-corrected chi connectivity index (χ1v) is 10.4. The number of aromatic nitrogens is 1. The summed E-state index contributed by atoms with van der Waals surface area (Å²) in [4.78, 5) is 40.4.